The van der Waals surface area contributed by atoms with Gasteiger partial charge in [-0.2, -0.15) is 5.10 Å². The maximum Gasteiger partial charge on any atom is 0.573 e. The molecule has 1 aliphatic heterocycles. The zero-order valence-corrected chi connectivity index (χ0v) is 13.7. The Kier molecular flexibility index (Phi) is 4.16. The summed E-state index contributed by atoms with van der Waals surface area (Å²) in [6.45, 7) is 5.98. The minimum atomic E-state index is -4.70. The lowest BCUT2D eigenvalue weighted by molar-refractivity contribution is -0.274. The predicted octanol–water partition coefficient (Wildman–Crippen LogP) is 4.64. The Hall–Kier alpha value is -2.96. The summed E-state index contributed by atoms with van der Waals surface area (Å²) in [6, 6.07) is 5.66. The third kappa shape index (κ3) is 3.76. The number of aryl methyl sites for hydroxylation is 1. The van der Waals surface area contributed by atoms with Crippen molar-refractivity contribution in [1.82, 2.24) is 9.78 Å². The molecule has 0 aliphatic carbocycles. The quantitative estimate of drug-likeness (QED) is 0.810. The van der Waals surface area contributed by atoms with E-state index in [4.69, 9.17) is 0 Å². The van der Waals surface area contributed by atoms with Gasteiger partial charge in [-0.25, -0.2) is 0 Å². The molecule has 0 radical (unpaired) electrons. The van der Waals surface area contributed by atoms with Gasteiger partial charge in [-0.15, -0.1) is 13.2 Å². The van der Waals surface area contributed by atoms with Crippen molar-refractivity contribution in [2.24, 2.45) is 7.05 Å². The fraction of sp³-hybridized carbons (Fsp3) is 0.167. The van der Waals surface area contributed by atoms with E-state index in [1.807, 2.05) is 37.3 Å². The first-order valence-corrected chi connectivity index (χ1v) is 7.46. The Morgan fingerprint density at radius 3 is 2.40 bits per heavy atom. The van der Waals surface area contributed by atoms with Crippen molar-refractivity contribution < 1.29 is 17.9 Å². The molecule has 130 valence electrons. The van der Waals surface area contributed by atoms with Crippen molar-refractivity contribution in [3.63, 3.8) is 0 Å². The Labute approximate surface area is 143 Å². The number of halogens is 3. The second-order valence-corrected chi connectivity index (χ2v) is 5.68. The van der Waals surface area contributed by atoms with Gasteiger partial charge in [-0.1, -0.05) is 6.58 Å². The standard InChI is InChI=1S/C18H16F3N3O/c1-12-8-13(2)24(11-17(12)14-9-22-23(3)10-14)15-4-6-16(7-5-15)25-18(19,20)21/h4-11H,2H2,1,3H3. The number of allylic oxidation sites excluding steroid dienone is 3. The van der Waals surface area contributed by atoms with Crippen molar-refractivity contribution in [1.29, 1.82) is 0 Å². The van der Waals surface area contributed by atoms with E-state index in [1.54, 1.807) is 23.0 Å². The van der Waals surface area contributed by atoms with E-state index < -0.39 is 6.36 Å². The first kappa shape index (κ1) is 16.9. The third-order valence-corrected chi connectivity index (χ3v) is 3.74. The molecule has 0 atom stereocenters. The van der Waals surface area contributed by atoms with Gasteiger partial charge in [0.2, 0.25) is 0 Å². The average molecular weight is 347 g/mol. The van der Waals surface area contributed by atoms with Crippen LogP contribution in [0.1, 0.15) is 12.5 Å². The summed E-state index contributed by atoms with van der Waals surface area (Å²) < 4.78 is 42.4. The first-order chi connectivity index (χ1) is 11.7. The van der Waals surface area contributed by atoms with Crippen LogP contribution in [0.4, 0.5) is 18.9 Å². The molecule has 1 aliphatic rings. The van der Waals surface area contributed by atoms with Gasteiger partial charge in [0.05, 0.1) is 6.20 Å². The highest BCUT2D eigenvalue weighted by molar-refractivity contribution is 5.84. The topological polar surface area (TPSA) is 30.3 Å². The fourth-order valence-corrected chi connectivity index (χ4v) is 2.62. The van der Waals surface area contributed by atoms with E-state index in [1.165, 1.54) is 12.1 Å². The molecule has 1 aromatic carbocycles. The van der Waals surface area contributed by atoms with Gasteiger partial charge in [-0.05, 0) is 42.8 Å². The molecule has 0 amide bonds. The smallest absolute Gasteiger partial charge is 0.406 e. The van der Waals surface area contributed by atoms with Crippen LogP contribution in [-0.2, 0) is 7.05 Å². The lowest BCUT2D eigenvalue weighted by Crippen LogP contribution is -2.19. The molecule has 0 spiro atoms. The molecular formula is C18H16F3N3O. The molecule has 1 aromatic heterocycles. The van der Waals surface area contributed by atoms with Crippen molar-refractivity contribution in [3.05, 3.63) is 72.3 Å². The maximum absolute atomic E-state index is 12.3. The van der Waals surface area contributed by atoms with Crippen LogP contribution in [-0.4, -0.2) is 16.1 Å². The van der Waals surface area contributed by atoms with Crippen LogP contribution in [0.2, 0.25) is 0 Å². The minimum absolute atomic E-state index is 0.262. The van der Waals surface area contributed by atoms with E-state index >= 15 is 0 Å². The van der Waals surface area contributed by atoms with Gasteiger partial charge >= 0.3 is 6.36 Å². The predicted molar refractivity (Wildman–Crippen MR) is 89.7 cm³/mol. The van der Waals surface area contributed by atoms with Gasteiger partial charge in [0.15, 0.2) is 0 Å². The normalized spacial score (nSPS) is 15.1. The Morgan fingerprint density at radius 2 is 1.84 bits per heavy atom. The molecule has 3 rings (SSSR count). The first-order valence-electron chi connectivity index (χ1n) is 7.46. The van der Waals surface area contributed by atoms with E-state index in [0.717, 1.165) is 22.4 Å². The SMILES string of the molecule is C=C1C=C(C)C(c2cnn(C)c2)=CN1c1ccc(OC(F)(F)F)cc1. The van der Waals surface area contributed by atoms with Gasteiger partial charge in [0.25, 0.3) is 0 Å². The molecule has 0 saturated heterocycles. The van der Waals surface area contributed by atoms with Gasteiger partial charge in [-0.3, -0.25) is 4.68 Å². The summed E-state index contributed by atoms with van der Waals surface area (Å²) in [7, 11) is 1.84. The largest absolute Gasteiger partial charge is 0.573 e. The molecule has 0 N–H and O–H groups in total. The number of rotatable bonds is 3. The molecule has 7 heteroatoms. The monoisotopic (exact) mass is 347 g/mol. The van der Waals surface area contributed by atoms with Crippen LogP contribution < -0.4 is 9.64 Å². The number of nitrogens with zero attached hydrogens (tertiary/aromatic N) is 3. The van der Waals surface area contributed by atoms with E-state index in [0.29, 0.717) is 5.69 Å². The molecule has 0 fully saturated rings. The number of alkyl halides is 3. The Balaban J connectivity index is 1.90. The number of benzene rings is 1. The van der Waals surface area contributed by atoms with E-state index in [-0.39, 0.29) is 5.75 Å². The summed E-state index contributed by atoms with van der Waals surface area (Å²) in [5.41, 5.74) is 4.35. The lowest BCUT2D eigenvalue weighted by atomic mass is 9.99. The van der Waals surface area contributed by atoms with Crippen molar-refractivity contribution in [3.8, 4) is 5.75 Å². The van der Waals surface area contributed by atoms with Crippen molar-refractivity contribution >= 4 is 11.3 Å². The van der Waals surface area contributed by atoms with Crippen LogP contribution in [0.25, 0.3) is 5.57 Å². The van der Waals surface area contributed by atoms with Crippen LogP contribution in [0, 0.1) is 0 Å². The zero-order valence-electron chi connectivity index (χ0n) is 13.7. The molecule has 0 bridgehead atoms. The minimum Gasteiger partial charge on any atom is -0.406 e. The molecule has 0 unspecified atom stereocenters. The fourth-order valence-electron chi connectivity index (χ4n) is 2.62. The van der Waals surface area contributed by atoms with Crippen LogP contribution in [0.3, 0.4) is 0 Å². The molecule has 25 heavy (non-hydrogen) atoms. The second-order valence-electron chi connectivity index (χ2n) is 5.68. The van der Waals surface area contributed by atoms with Crippen LogP contribution >= 0.6 is 0 Å². The molecule has 2 aromatic rings. The van der Waals surface area contributed by atoms with Crippen molar-refractivity contribution in [2.45, 2.75) is 13.3 Å². The van der Waals surface area contributed by atoms with Crippen LogP contribution in [0.5, 0.6) is 5.75 Å². The zero-order chi connectivity index (χ0) is 18.2. The Bertz CT molecular complexity index is 860. The van der Waals surface area contributed by atoms with Gasteiger partial charge in [0, 0.05) is 42.0 Å². The lowest BCUT2D eigenvalue weighted by Gasteiger charge is -2.27. The highest BCUT2D eigenvalue weighted by Gasteiger charge is 2.31. The summed E-state index contributed by atoms with van der Waals surface area (Å²) in [4.78, 5) is 1.81. The van der Waals surface area contributed by atoms with Crippen LogP contribution in [0.15, 0.2) is 66.8 Å². The van der Waals surface area contributed by atoms with Crippen molar-refractivity contribution in [2.75, 3.05) is 4.90 Å². The average Bonchev–Trinajstić information content (AvgIpc) is 2.93. The number of hydrogen-bond acceptors (Lipinski definition) is 3. The summed E-state index contributed by atoms with van der Waals surface area (Å²) >= 11 is 0. The van der Waals surface area contributed by atoms with E-state index in [9.17, 15) is 13.2 Å². The maximum atomic E-state index is 12.3. The number of ether oxygens (including phenoxy) is 1. The summed E-state index contributed by atoms with van der Waals surface area (Å²) in [6.07, 6.45) is 2.77. The third-order valence-electron chi connectivity index (χ3n) is 3.74. The summed E-state index contributed by atoms with van der Waals surface area (Å²) in [5.74, 6) is -0.262. The highest BCUT2D eigenvalue weighted by atomic mass is 19.4. The molecular weight excluding hydrogens is 331 g/mol. The molecule has 2 heterocycles. The summed E-state index contributed by atoms with van der Waals surface area (Å²) in [5, 5.41) is 4.17. The number of anilines is 1. The molecule has 4 nitrogen and oxygen atoms in total. The number of aromatic nitrogens is 2. The second kappa shape index (κ2) is 6.16. The van der Waals surface area contributed by atoms with E-state index in [2.05, 4.69) is 16.4 Å². The molecule has 0 saturated carbocycles. The highest BCUT2D eigenvalue weighted by Crippen LogP contribution is 2.34. The van der Waals surface area contributed by atoms with Gasteiger partial charge < -0.3 is 9.64 Å². The Morgan fingerprint density at radius 1 is 1.16 bits per heavy atom. The van der Waals surface area contributed by atoms with Gasteiger partial charge in [0.1, 0.15) is 5.75 Å². The number of hydrogen-bond donors (Lipinski definition) is 0.